The van der Waals surface area contributed by atoms with Crippen molar-refractivity contribution in [3.63, 3.8) is 0 Å². The van der Waals surface area contributed by atoms with Gasteiger partial charge in [0.05, 0.1) is 12.7 Å². The third-order valence-electron chi connectivity index (χ3n) is 3.57. The smallest absolute Gasteiger partial charge is 0.255 e. The second-order valence-corrected chi connectivity index (χ2v) is 5.10. The first-order chi connectivity index (χ1) is 8.54. The van der Waals surface area contributed by atoms with E-state index in [4.69, 9.17) is 4.74 Å². The molecule has 1 aliphatic rings. The number of carbonyl (C=O) groups excluding carboxylic acids is 1. The number of benzene rings is 1. The molecule has 1 aromatic carbocycles. The highest BCUT2D eigenvalue weighted by Gasteiger charge is 2.31. The van der Waals surface area contributed by atoms with Gasteiger partial charge in [0.25, 0.3) is 5.91 Å². The Kier molecular flexibility index (Phi) is 3.45. The van der Waals surface area contributed by atoms with Crippen LogP contribution in [0.4, 0.5) is 0 Å². The Hall–Kier alpha value is -1.71. The van der Waals surface area contributed by atoms with E-state index in [1.165, 1.54) is 13.2 Å². The van der Waals surface area contributed by atoms with E-state index in [0.29, 0.717) is 5.75 Å². The summed E-state index contributed by atoms with van der Waals surface area (Å²) >= 11 is 0. The molecule has 2 N–H and O–H groups in total. The van der Waals surface area contributed by atoms with Crippen LogP contribution in [0.25, 0.3) is 0 Å². The molecule has 1 amide bonds. The van der Waals surface area contributed by atoms with Crippen LogP contribution in [0.15, 0.2) is 18.2 Å². The second-order valence-electron chi connectivity index (χ2n) is 5.10. The van der Waals surface area contributed by atoms with Crippen LogP contribution in [0.5, 0.6) is 11.5 Å². The Balaban J connectivity index is 2.17. The number of methoxy groups -OCH3 is 1. The summed E-state index contributed by atoms with van der Waals surface area (Å²) in [6.45, 7) is 2.05. The quantitative estimate of drug-likeness (QED) is 0.865. The van der Waals surface area contributed by atoms with Crippen molar-refractivity contribution < 1.29 is 14.6 Å². The first kappa shape index (κ1) is 12.7. The normalized spacial score (nSPS) is 17.4. The lowest BCUT2D eigenvalue weighted by Crippen LogP contribution is -2.43. The highest BCUT2D eigenvalue weighted by molar-refractivity contribution is 5.97. The van der Waals surface area contributed by atoms with Crippen LogP contribution < -0.4 is 10.1 Å². The molecule has 0 aromatic heterocycles. The summed E-state index contributed by atoms with van der Waals surface area (Å²) < 4.78 is 5.06. The molecule has 0 spiro atoms. The summed E-state index contributed by atoms with van der Waals surface area (Å²) in [6, 6.07) is 4.66. The van der Waals surface area contributed by atoms with Gasteiger partial charge in [-0.3, -0.25) is 4.79 Å². The van der Waals surface area contributed by atoms with Gasteiger partial charge in [-0.2, -0.15) is 0 Å². The monoisotopic (exact) mass is 249 g/mol. The van der Waals surface area contributed by atoms with E-state index >= 15 is 0 Å². The molecular weight excluding hydrogens is 230 g/mol. The maximum atomic E-state index is 12.2. The maximum absolute atomic E-state index is 12.2. The Morgan fingerprint density at radius 1 is 1.39 bits per heavy atom. The first-order valence-corrected chi connectivity index (χ1v) is 6.24. The molecule has 0 saturated heterocycles. The van der Waals surface area contributed by atoms with Gasteiger partial charge in [-0.1, -0.05) is 12.8 Å². The summed E-state index contributed by atoms with van der Waals surface area (Å²) in [7, 11) is 1.53. The molecule has 2 rings (SSSR count). The van der Waals surface area contributed by atoms with Crippen molar-refractivity contribution in [2.75, 3.05) is 7.11 Å². The summed E-state index contributed by atoms with van der Waals surface area (Å²) in [5, 5.41) is 12.8. The second kappa shape index (κ2) is 4.88. The molecule has 4 heteroatoms. The number of carbonyl (C=O) groups is 1. The Bertz CT molecular complexity index is 450. The number of amides is 1. The van der Waals surface area contributed by atoms with Crippen molar-refractivity contribution in [1.29, 1.82) is 0 Å². The fraction of sp³-hybridized carbons (Fsp3) is 0.500. The number of phenols is 1. The lowest BCUT2D eigenvalue weighted by molar-refractivity contribution is 0.0905. The summed E-state index contributed by atoms with van der Waals surface area (Å²) in [5.41, 5.74) is 0.120. The predicted molar refractivity (Wildman–Crippen MR) is 69.0 cm³/mol. The van der Waals surface area contributed by atoms with Crippen LogP contribution in [-0.4, -0.2) is 23.7 Å². The maximum Gasteiger partial charge on any atom is 0.255 e. The van der Waals surface area contributed by atoms with E-state index in [9.17, 15) is 9.90 Å². The van der Waals surface area contributed by atoms with Crippen molar-refractivity contribution >= 4 is 5.91 Å². The minimum Gasteiger partial charge on any atom is -0.507 e. The van der Waals surface area contributed by atoms with Gasteiger partial charge in [-0.15, -0.1) is 0 Å². The highest BCUT2D eigenvalue weighted by Crippen LogP contribution is 2.30. The SMILES string of the molecule is COc1ccc(O)c(C(=O)NC2(C)CCCC2)c1. The Morgan fingerprint density at radius 3 is 2.67 bits per heavy atom. The van der Waals surface area contributed by atoms with E-state index in [0.717, 1.165) is 25.7 Å². The van der Waals surface area contributed by atoms with Crippen LogP contribution in [0.2, 0.25) is 0 Å². The number of hydrogen-bond acceptors (Lipinski definition) is 3. The molecule has 1 fully saturated rings. The van der Waals surface area contributed by atoms with Gasteiger partial charge in [-0.25, -0.2) is 0 Å². The molecule has 0 radical (unpaired) electrons. The Morgan fingerprint density at radius 2 is 2.06 bits per heavy atom. The topological polar surface area (TPSA) is 58.6 Å². The number of nitrogens with one attached hydrogen (secondary N) is 1. The molecule has 0 aliphatic heterocycles. The van der Waals surface area contributed by atoms with E-state index in [1.54, 1.807) is 12.1 Å². The van der Waals surface area contributed by atoms with Gasteiger partial charge in [0.2, 0.25) is 0 Å². The average molecular weight is 249 g/mol. The standard InChI is InChI=1S/C14H19NO3/c1-14(7-3-4-8-14)15-13(17)11-9-10(18-2)5-6-12(11)16/h5-6,9,16H,3-4,7-8H2,1-2H3,(H,15,17). The largest absolute Gasteiger partial charge is 0.507 e. The lowest BCUT2D eigenvalue weighted by atomic mass is 10.00. The van der Waals surface area contributed by atoms with Crippen molar-refractivity contribution in [3.05, 3.63) is 23.8 Å². The Labute approximate surface area is 107 Å². The fourth-order valence-electron chi connectivity index (χ4n) is 2.45. The molecule has 0 atom stereocenters. The third-order valence-corrected chi connectivity index (χ3v) is 3.57. The summed E-state index contributed by atoms with van der Waals surface area (Å²) in [6.07, 6.45) is 4.26. The highest BCUT2D eigenvalue weighted by atomic mass is 16.5. The van der Waals surface area contributed by atoms with E-state index in [-0.39, 0.29) is 22.8 Å². The predicted octanol–water partition coefficient (Wildman–Crippen LogP) is 2.46. The molecule has 4 nitrogen and oxygen atoms in total. The molecule has 98 valence electrons. The van der Waals surface area contributed by atoms with Crippen LogP contribution in [0.1, 0.15) is 43.0 Å². The zero-order valence-corrected chi connectivity index (χ0v) is 10.8. The van der Waals surface area contributed by atoms with Crippen molar-refractivity contribution in [2.24, 2.45) is 0 Å². The van der Waals surface area contributed by atoms with Gasteiger partial charge in [0.15, 0.2) is 0 Å². The van der Waals surface area contributed by atoms with E-state index < -0.39 is 0 Å². The minimum absolute atomic E-state index is 0.0186. The van der Waals surface area contributed by atoms with Crippen LogP contribution in [0.3, 0.4) is 0 Å². The van der Waals surface area contributed by atoms with Gasteiger partial charge in [0, 0.05) is 5.54 Å². The lowest BCUT2D eigenvalue weighted by Gasteiger charge is -2.25. The van der Waals surface area contributed by atoms with Gasteiger partial charge < -0.3 is 15.2 Å². The number of ether oxygens (including phenoxy) is 1. The third kappa shape index (κ3) is 2.58. The number of rotatable bonds is 3. The van der Waals surface area contributed by atoms with E-state index in [2.05, 4.69) is 12.2 Å². The summed E-state index contributed by atoms with van der Waals surface area (Å²) in [5.74, 6) is 0.306. The van der Waals surface area contributed by atoms with Crippen LogP contribution >= 0.6 is 0 Å². The van der Waals surface area contributed by atoms with Crippen molar-refractivity contribution in [3.8, 4) is 11.5 Å². The van der Waals surface area contributed by atoms with Crippen molar-refractivity contribution in [2.45, 2.75) is 38.1 Å². The molecule has 1 aromatic rings. The number of aromatic hydroxyl groups is 1. The van der Waals surface area contributed by atoms with Crippen LogP contribution in [-0.2, 0) is 0 Å². The number of phenolic OH excluding ortho intramolecular Hbond substituents is 1. The molecule has 18 heavy (non-hydrogen) atoms. The molecule has 1 saturated carbocycles. The molecule has 0 unspecified atom stereocenters. The van der Waals surface area contributed by atoms with Gasteiger partial charge >= 0.3 is 0 Å². The fourth-order valence-corrected chi connectivity index (χ4v) is 2.45. The average Bonchev–Trinajstić information content (AvgIpc) is 2.76. The first-order valence-electron chi connectivity index (χ1n) is 6.24. The zero-order valence-electron chi connectivity index (χ0n) is 10.8. The number of hydrogen-bond donors (Lipinski definition) is 2. The molecule has 0 heterocycles. The van der Waals surface area contributed by atoms with Crippen molar-refractivity contribution in [1.82, 2.24) is 5.32 Å². The van der Waals surface area contributed by atoms with E-state index in [1.807, 2.05) is 0 Å². The molecule has 0 bridgehead atoms. The van der Waals surface area contributed by atoms with Gasteiger partial charge in [-0.05, 0) is 38.0 Å². The molecular formula is C14H19NO3. The minimum atomic E-state index is -0.240. The molecule has 1 aliphatic carbocycles. The zero-order chi connectivity index (χ0) is 13.2. The van der Waals surface area contributed by atoms with Gasteiger partial charge in [0.1, 0.15) is 11.5 Å². The van der Waals surface area contributed by atoms with Crippen LogP contribution in [0, 0.1) is 0 Å². The summed E-state index contributed by atoms with van der Waals surface area (Å²) in [4.78, 5) is 12.2.